The molecule has 2 heterocycles. The molecule has 0 atom stereocenters. The Labute approximate surface area is 561 Å². The minimum Gasteiger partial charge on any atom is -0.445 e. The average molecular weight is 1320 g/mol. The van der Waals surface area contributed by atoms with Crippen LogP contribution < -0.4 is 10.6 Å². The lowest BCUT2D eigenvalue weighted by Crippen LogP contribution is -2.52. The minimum absolute atomic E-state index is 0.00948. The molecule has 2 aliphatic rings. The van der Waals surface area contributed by atoms with Gasteiger partial charge in [0, 0.05) is 118 Å². The van der Waals surface area contributed by atoms with Crippen molar-refractivity contribution in [3.63, 3.8) is 0 Å². The van der Waals surface area contributed by atoms with E-state index in [-0.39, 0.29) is 144 Å². The third-order valence-corrected chi connectivity index (χ3v) is 16.1. The van der Waals surface area contributed by atoms with Crippen molar-refractivity contribution in [2.24, 2.45) is 0 Å². The zero-order valence-electron chi connectivity index (χ0n) is 54.4. The molecule has 0 bridgehead atoms. The molecule has 6 aromatic rings. The number of nitrogens with one attached hydrogen (secondary N) is 2. The van der Waals surface area contributed by atoms with Crippen LogP contribution in [0.4, 0.5) is 38.4 Å². The fourth-order valence-electron chi connectivity index (χ4n) is 10.4. The Morgan fingerprint density at radius 2 is 0.385 bits per heavy atom. The molecule has 24 nitrogen and oxygen atoms in total. The van der Waals surface area contributed by atoms with E-state index >= 15 is 0 Å². The van der Waals surface area contributed by atoms with E-state index < -0.39 is 48.6 Å². The molecule has 510 valence electrons. The second-order valence-corrected chi connectivity index (χ2v) is 23.0. The van der Waals surface area contributed by atoms with Crippen LogP contribution in [0, 0.1) is 0 Å². The predicted octanol–water partition coefficient (Wildman–Crippen LogP) is 10.4. The number of unbranched alkanes of at least 4 members (excludes halogenated alkanes) is 3. The van der Waals surface area contributed by atoms with Gasteiger partial charge in [0.15, 0.2) is 0 Å². The smallest absolute Gasteiger partial charge is 0.410 e. The number of urea groups is 2. The van der Waals surface area contributed by atoms with Crippen molar-refractivity contribution in [2.75, 3.05) is 118 Å². The maximum Gasteiger partial charge on any atom is 0.410 e. The lowest BCUT2D eigenvalue weighted by Gasteiger charge is -2.33. The first kappa shape index (κ1) is 71.3. The van der Waals surface area contributed by atoms with Crippen LogP contribution in [-0.4, -0.2) is 206 Å². The lowest BCUT2D eigenvalue weighted by molar-refractivity contribution is 0.0635. The summed E-state index contributed by atoms with van der Waals surface area (Å²) >= 11 is 0. The molecule has 2 N–H and O–H groups in total. The van der Waals surface area contributed by atoms with Crippen LogP contribution in [0.5, 0.6) is 0 Å². The van der Waals surface area contributed by atoms with Crippen molar-refractivity contribution in [3.8, 4) is 0 Å². The summed E-state index contributed by atoms with van der Waals surface area (Å²) in [7, 11) is 0. The molecule has 96 heavy (non-hydrogen) atoms. The van der Waals surface area contributed by atoms with Gasteiger partial charge in [-0.25, -0.2) is 38.4 Å². The maximum atomic E-state index is 14.2. The zero-order valence-corrected chi connectivity index (χ0v) is 54.4. The molecule has 0 radical (unpaired) electrons. The highest BCUT2D eigenvalue weighted by molar-refractivity contribution is 5.76. The van der Waals surface area contributed by atoms with Gasteiger partial charge < -0.3 is 78.3 Å². The van der Waals surface area contributed by atoms with E-state index in [0.29, 0.717) is 38.8 Å². The number of amides is 10. The van der Waals surface area contributed by atoms with Gasteiger partial charge in [0.05, 0.1) is 0 Å². The topological polar surface area (TPSA) is 242 Å². The standard InChI is InChI=1S/C72H88N10O14/c83-65(75-37-41-77(67(85)91-53-59-23-9-3-10-24-59)45-49-81(71(89)95-57-63-31-17-7-18-32-63)50-46-78(42-38-75)68(86)92-54-60-25-11-4-12-26-60)73-35-21-1-2-22-36-74-66(84)76-39-43-79(69(87)93-55-61-27-13-5-14-28-61)47-51-82(72(90)96-58-64-33-19-8-20-34-64)52-48-80(44-40-76)70(88)94-56-62-29-15-6-16-30-62/h3-20,23-34H,1-2,21-22,35-58H2,(H,73,83)(H,74,84). The van der Waals surface area contributed by atoms with Gasteiger partial charge in [-0.05, 0) is 46.2 Å². The SMILES string of the molecule is O=C(NCCCCCCNC(=O)N1CCN(C(=O)OCc2ccccc2)CCN(C(=O)OCc2ccccc2)CCN(C(=O)OCc2ccccc2)CC1)N1CCN(C(=O)OCc2ccccc2)CCN(C(=O)OCc2ccccc2)CCN(C(=O)OCc2ccccc2)CC1. The largest absolute Gasteiger partial charge is 0.445 e. The molecule has 2 saturated heterocycles. The summed E-state index contributed by atoms with van der Waals surface area (Å²) in [5, 5.41) is 6.05. The predicted molar refractivity (Wildman–Crippen MR) is 358 cm³/mol. The number of benzene rings is 6. The van der Waals surface area contributed by atoms with Crippen molar-refractivity contribution >= 4 is 48.6 Å². The van der Waals surface area contributed by atoms with Crippen LogP contribution in [0.3, 0.4) is 0 Å². The number of ether oxygens (including phenoxy) is 6. The first-order valence-electron chi connectivity index (χ1n) is 32.7. The average Bonchev–Trinajstić information content (AvgIpc) is 1.18. The molecule has 8 rings (SSSR count). The van der Waals surface area contributed by atoms with Crippen LogP contribution >= 0.6 is 0 Å². The van der Waals surface area contributed by atoms with E-state index in [9.17, 15) is 38.4 Å². The van der Waals surface area contributed by atoms with E-state index in [2.05, 4.69) is 10.6 Å². The summed E-state index contributed by atoms with van der Waals surface area (Å²) in [6.07, 6.45) is -1.19. The quantitative estimate of drug-likeness (QED) is 0.0566. The summed E-state index contributed by atoms with van der Waals surface area (Å²) in [5.41, 5.74) is 4.73. The van der Waals surface area contributed by atoms with Crippen molar-refractivity contribution in [2.45, 2.75) is 65.3 Å². The van der Waals surface area contributed by atoms with Gasteiger partial charge in [-0.3, -0.25) is 0 Å². The summed E-state index contributed by atoms with van der Waals surface area (Å²) < 4.78 is 34.5. The van der Waals surface area contributed by atoms with Gasteiger partial charge in [0.25, 0.3) is 0 Å². The number of nitrogens with zero attached hydrogens (tertiary/aromatic N) is 8. The van der Waals surface area contributed by atoms with Crippen molar-refractivity contribution in [3.05, 3.63) is 215 Å². The summed E-state index contributed by atoms with van der Waals surface area (Å²) in [6.45, 7) is 1.37. The van der Waals surface area contributed by atoms with Gasteiger partial charge in [-0.1, -0.05) is 195 Å². The second-order valence-electron chi connectivity index (χ2n) is 23.0. The molecule has 0 aromatic heterocycles. The highest BCUT2D eigenvalue weighted by Gasteiger charge is 2.29. The minimum atomic E-state index is -0.630. The Kier molecular flexibility index (Phi) is 29.6. The number of carbonyl (C=O) groups is 8. The Morgan fingerprint density at radius 3 is 0.552 bits per heavy atom. The Morgan fingerprint density at radius 1 is 0.229 bits per heavy atom. The molecule has 0 unspecified atom stereocenters. The third-order valence-electron chi connectivity index (χ3n) is 16.1. The monoisotopic (exact) mass is 1320 g/mol. The molecular formula is C72H88N10O14. The highest BCUT2D eigenvalue weighted by Crippen LogP contribution is 2.15. The van der Waals surface area contributed by atoms with Crippen molar-refractivity contribution in [1.29, 1.82) is 0 Å². The fraction of sp³-hybridized carbons (Fsp3) is 0.389. The number of rotatable bonds is 19. The zero-order chi connectivity index (χ0) is 67.4. The summed E-state index contributed by atoms with van der Waals surface area (Å²) in [5.74, 6) is 0. The Balaban J connectivity index is 0.871. The first-order valence-corrected chi connectivity index (χ1v) is 32.7. The number of carbonyl (C=O) groups excluding carboxylic acids is 8. The van der Waals surface area contributed by atoms with Gasteiger partial charge in [0.2, 0.25) is 0 Å². The summed E-state index contributed by atoms with van der Waals surface area (Å²) in [4.78, 5) is 123. The molecule has 2 aliphatic heterocycles. The van der Waals surface area contributed by atoms with Crippen LogP contribution in [0.2, 0.25) is 0 Å². The molecule has 0 spiro atoms. The maximum absolute atomic E-state index is 14.2. The highest BCUT2D eigenvalue weighted by atomic mass is 16.6. The van der Waals surface area contributed by atoms with Crippen LogP contribution in [0.1, 0.15) is 59.1 Å². The summed E-state index contributed by atoms with van der Waals surface area (Å²) in [6, 6.07) is 54.7. The molecule has 6 aromatic carbocycles. The van der Waals surface area contributed by atoms with E-state index in [1.165, 1.54) is 29.4 Å². The van der Waals surface area contributed by atoms with Crippen molar-refractivity contribution < 1.29 is 66.8 Å². The van der Waals surface area contributed by atoms with Gasteiger partial charge in [-0.15, -0.1) is 0 Å². The van der Waals surface area contributed by atoms with Gasteiger partial charge in [-0.2, -0.15) is 0 Å². The lowest BCUT2D eigenvalue weighted by atomic mass is 10.2. The molecule has 0 saturated carbocycles. The van der Waals surface area contributed by atoms with Gasteiger partial charge in [0.1, 0.15) is 39.6 Å². The van der Waals surface area contributed by atoms with Crippen LogP contribution in [0.25, 0.3) is 0 Å². The van der Waals surface area contributed by atoms with E-state index in [1.54, 1.807) is 9.80 Å². The van der Waals surface area contributed by atoms with Crippen molar-refractivity contribution in [1.82, 2.24) is 49.8 Å². The normalized spacial score (nSPS) is 14.5. The molecule has 10 amide bonds. The van der Waals surface area contributed by atoms with E-state index in [0.717, 1.165) is 33.4 Å². The van der Waals surface area contributed by atoms with E-state index in [1.807, 2.05) is 182 Å². The Bertz CT molecular complexity index is 2970. The molecule has 2 fully saturated rings. The molecular weight excluding hydrogens is 1230 g/mol. The number of hydrogen-bond donors (Lipinski definition) is 2. The number of hydrogen-bond acceptors (Lipinski definition) is 14. The Hall–Kier alpha value is -10.5. The van der Waals surface area contributed by atoms with Crippen LogP contribution in [-0.2, 0) is 68.1 Å². The van der Waals surface area contributed by atoms with Crippen LogP contribution in [0.15, 0.2) is 182 Å². The molecule has 24 heteroatoms. The third kappa shape index (κ3) is 25.1. The fourth-order valence-corrected chi connectivity index (χ4v) is 10.4. The molecule has 0 aliphatic carbocycles. The van der Waals surface area contributed by atoms with E-state index in [4.69, 9.17) is 28.4 Å². The first-order chi connectivity index (χ1) is 46.9. The van der Waals surface area contributed by atoms with Gasteiger partial charge >= 0.3 is 48.6 Å². The second kappa shape index (κ2) is 39.9.